The minimum Gasteiger partial charge on any atom is -0.353 e. The van der Waals surface area contributed by atoms with E-state index < -0.39 is 4.83 Å². The average molecular weight is 389 g/mol. The minimum atomic E-state index is -0.580. The second-order valence-corrected chi connectivity index (χ2v) is 6.69. The Labute approximate surface area is 139 Å². The Morgan fingerprint density at radius 3 is 2.77 bits per heavy atom. The van der Waals surface area contributed by atoms with Crippen molar-refractivity contribution < 1.29 is 18.8 Å². The lowest BCUT2D eigenvalue weighted by molar-refractivity contribution is -0.125. The summed E-state index contributed by atoms with van der Waals surface area (Å²) in [5.74, 6) is -0.757. The number of halogens is 2. The van der Waals surface area contributed by atoms with E-state index >= 15 is 0 Å². The zero-order chi connectivity index (χ0) is 16.1. The summed E-state index contributed by atoms with van der Waals surface area (Å²) < 4.78 is 13.5. The van der Waals surface area contributed by atoms with E-state index in [9.17, 15) is 18.8 Å². The first-order valence-electron chi connectivity index (χ1n) is 6.61. The second-order valence-electron chi connectivity index (χ2n) is 4.65. The minimum absolute atomic E-state index is 0.149. The van der Waals surface area contributed by atoms with Crippen LogP contribution in [0.4, 0.5) is 9.18 Å². The summed E-state index contributed by atoms with van der Waals surface area (Å²) in [6.07, 6.45) is 0.218. The number of nitrogens with one attached hydrogen (secondary N) is 1. The number of hydrogen-bond acceptors (Lipinski definition) is 4. The number of alkyl halides is 1. The Hall–Kier alpha value is -1.41. The lowest BCUT2D eigenvalue weighted by Crippen LogP contribution is -2.40. The maximum atomic E-state index is 13.5. The van der Waals surface area contributed by atoms with Crippen molar-refractivity contribution in [2.45, 2.75) is 11.2 Å². The number of rotatable bonds is 6. The van der Waals surface area contributed by atoms with Gasteiger partial charge in [0.15, 0.2) is 0 Å². The molecule has 1 unspecified atom stereocenters. The molecular weight excluding hydrogens is 375 g/mol. The molecule has 1 aromatic carbocycles. The quantitative estimate of drug-likeness (QED) is 0.756. The molecule has 22 heavy (non-hydrogen) atoms. The molecule has 0 aliphatic carbocycles. The summed E-state index contributed by atoms with van der Waals surface area (Å²) in [7, 11) is 0. The molecule has 1 N–H and O–H groups in total. The number of nitrogens with zero attached hydrogens (tertiary/aromatic N) is 1. The standard InChI is InChI=1S/C14H14BrFN2O3S/c15-10(7-9-3-1-2-4-11(9)16)13(20)17-5-6-18-12(19)8-22-14(18)21/h1-4,10H,5-8H2,(H,17,20). The Kier molecular flexibility index (Phi) is 5.96. The van der Waals surface area contributed by atoms with Crippen LogP contribution in [0, 0.1) is 5.82 Å². The van der Waals surface area contributed by atoms with Crippen LogP contribution in [0.3, 0.4) is 0 Å². The smallest absolute Gasteiger partial charge is 0.288 e. The molecule has 118 valence electrons. The third-order valence-electron chi connectivity index (χ3n) is 3.12. The lowest BCUT2D eigenvalue weighted by Gasteiger charge is -2.15. The summed E-state index contributed by atoms with van der Waals surface area (Å²) >= 11 is 4.18. The van der Waals surface area contributed by atoms with E-state index in [0.717, 1.165) is 16.7 Å². The predicted octanol–water partition coefficient (Wildman–Crippen LogP) is 1.94. The van der Waals surface area contributed by atoms with E-state index in [1.807, 2.05) is 0 Å². The van der Waals surface area contributed by atoms with Crippen LogP contribution in [-0.2, 0) is 16.0 Å². The molecule has 1 fully saturated rings. The second kappa shape index (κ2) is 7.73. The SMILES string of the molecule is O=C(NCCN1C(=O)CSC1=O)C(Br)Cc1ccccc1F. The van der Waals surface area contributed by atoms with Gasteiger partial charge in [-0.3, -0.25) is 19.3 Å². The van der Waals surface area contributed by atoms with Gasteiger partial charge in [0.1, 0.15) is 5.82 Å². The molecule has 1 saturated heterocycles. The van der Waals surface area contributed by atoms with Crippen LogP contribution in [-0.4, -0.2) is 45.6 Å². The van der Waals surface area contributed by atoms with E-state index in [0.29, 0.717) is 5.56 Å². The van der Waals surface area contributed by atoms with Crippen molar-refractivity contribution in [3.63, 3.8) is 0 Å². The van der Waals surface area contributed by atoms with Gasteiger partial charge >= 0.3 is 0 Å². The summed E-state index contributed by atoms with van der Waals surface area (Å²) in [5, 5.41) is 2.34. The van der Waals surface area contributed by atoms with Crippen LogP contribution in [0.2, 0.25) is 0 Å². The largest absolute Gasteiger partial charge is 0.353 e. The molecule has 0 saturated carbocycles. The first-order valence-corrected chi connectivity index (χ1v) is 8.51. The fraction of sp³-hybridized carbons (Fsp3) is 0.357. The summed E-state index contributed by atoms with van der Waals surface area (Å²) in [6, 6.07) is 6.26. The van der Waals surface area contributed by atoms with Crippen LogP contribution in [0.25, 0.3) is 0 Å². The third kappa shape index (κ3) is 4.30. The van der Waals surface area contributed by atoms with Crippen LogP contribution in [0.1, 0.15) is 5.56 Å². The van der Waals surface area contributed by atoms with E-state index in [2.05, 4.69) is 21.2 Å². The Balaban J connectivity index is 1.78. The van der Waals surface area contributed by atoms with Crippen molar-refractivity contribution in [3.05, 3.63) is 35.6 Å². The van der Waals surface area contributed by atoms with Crippen LogP contribution in [0.5, 0.6) is 0 Å². The first kappa shape index (κ1) is 17.0. The Morgan fingerprint density at radius 1 is 1.41 bits per heavy atom. The van der Waals surface area contributed by atoms with Crippen LogP contribution >= 0.6 is 27.7 Å². The summed E-state index contributed by atoms with van der Waals surface area (Å²) in [4.78, 5) is 35.2. The lowest BCUT2D eigenvalue weighted by atomic mass is 10.1. The highest BCUT2D eigenvalue weighted by molar-refractivity contribution is 9.10. The van der Waals surface area contributed by atoms with Crippen molar-refractivity contribution in [1.29, 1.82) is 0 Å². The van der Waals surface area contributed by atoms with Gasteiger partial charge in [-0.25, -0.2) is 4.39 Å². The van der Waals surface area contributed by atoms with Gasteiger partial charge in [0.2, 0.25) is 11.8 Å². The Bertz CT molecular complexity index is 583. The number of carbonyl (C=O) groups is 3. The van der Waals surface area contributed by atoms with Crippen LogP contribution in [0.15, 0.2) is 24.3 Å². The molecule has 1 aromatic rings. The van der Waals surface area contributed by atoms with Gasteiger partial charge in [0, 0.05) is 13.1 Å². The number of carbonyl (C=O) groups excluding carboxylic acids is 3. The molecule has 0 aromatic heterocycles. The van der Waals surface area contributed by atoms with Crippen LogP contribution < -0.4 is 5.32 Å². The molecule has 0 radical (unpaired) electrons. The van der Waals surface area contributed by atoms with Gasteiger partial charge in [0.05, 0.1) is 10.6 Å². The number of thioether (sulfide) groups is 1. The molecule has 1 aliphatic heterocycles. The van der Waals surface area contributed by atoms with E-state index in [4.69, 9.17) is 0 Å². The molecule has 2 rings (SSSR count). The summed E-state index contributed by atoms with van der Waals surface area (Å²) in [6.45, 7) is 0.325. The molecule has 1 atom stereocenters. The molecule has 3 amide bonds. The van der Waals surface area contributed by atoms with Crippen molar-refractivity contribution in [1.82, 2.24) is 10.2 Å². The maximum absolute atomic E-state index is 13.5. The monoisotopic (exact) mass is 388 g/mol. The highest BCUT2D eigenvalue weighted by Crippen LogP contribution is 2.18. The van der Waals surface area contributed by atoms with E-state index in [1.165, 1.54) is 6.07 Å². The molecule has 0 bridgehead atoms. The number of imide groups is 1. The van der Waals surface area contributed by atoms with Gasteiger partial charge in [-0.05, 0) is 18.1 Å². The zero-order valence-electron chi connectivity index (χ0n) is 11.6. The van der Waals surface area contributed by atoms with E-state index in [-0.39, 0.29) is 48.1 Å². The first-order chi connectivity index (χ1) is 10.5. The van der Waals surface area contributed by atoms with Crippen molar-refractivity contribution >= 4 is 44.7 Å². The number of amides is 3. The average Bonchev–Trinajstić information content (AvgIpc) is 2.81. The van der Waals surface area contributed by atoms with Gasteiger partial charge in [-0.1, -0.05) is 45.9 Å². The fourth-order valence-electron chi connectivity index (χ4n) is 1.95. The number of benzene rings is 1. The molecule has 5 nitrogen and oxygen atoms in total. The van der Waals surface area contributed by atoms with Gasteiger partial charge in [-0.2, -0.15) is 0 Å². The fourth-order valence-corrected chi connectivity index (χ4v) is 3.21. The topological polar surface area (TPSA) is 66.5 Å². The summed E-state index contributed by atoms with van der Waals surface area (Å²) in [5.41, 5.74) is 0.445. The highest BCUT2D eigenvalue weighted by atomic mass is 79.9. The highest BCUT2D eigenvalue weighted by Gasteiger charge is 2.29. The normalized spacial score (nSPS) is 16.0. The van der Waals surface area contributed by atoms with Gasteiger partial charge in [-0.15, -0.1) is 0 Å². The Morgan fingerprint density at radius 2 is 2.14 bits per heavy atom. The maximum Gasteiger partial charge on any atom is 0.288 e. The zero-order valence-corrected chi connectivity index (χ0v) is 14.0. The molecular formula is C14H14BrFN2O3S. The molecule has 1 heterocycles. The van der Waals surface area contributed by atoms with Gasteiger partial charge < -0.3 is 5.32 Å². The van der Waals surface area contributed by atoms with Crippen molar-refractivity contribution in [2.75, 3.05) is 18.8 Å². The molecule has 1 aliphatic rings. The van der Waals surface area contributed by atoms with Crippen molar-refractivity contribution in [3.8, 4) is 0 Å². The van der Waals surface area contributed by atoms with Gasteiger partial charge in [0.25, 0.3) is 5.24 Å². The molecule has 8 heteroatoms. The molecule has 0 spiro atoms. The third-order valence-corrected chi connectivity index (χ3v) is 4.71. The predicted molar refractivity (Wildman–Crippen MR) is 85.4 cm³/mol. The van der Waals surface area contributed by atoms with Crippen molar-refractivity contribution in [2.24, 2.45) is 0 Å². The van der Waals surface area contributed by atoms with E-state index in [1.54, 1.807) is 18.2 Å². The number of hydrogen-bond donors (Lipinski definition) is 1.